The molecule has 19 nitrogen and oxygen atoms in total. The highest BCUT2D eigenvalue weighted by atomic mass is 16.7. The normalized spacial score (nSPS) is 36.5. The maximum atomic E-state index is 13.9. The van der Waals surface area contributed by atoms with Crippen LogP contribution < -0.4 is 0 Å². The van der Waals surface area contributed by atoms with E-state index in [4.69, 9.17) is 37.9 Å². The van der Waals surface area contributed by atoms with Crippen LogP contribution in [0.25, 0.3) is 0 Å². The number of aliphatic hydroxyl groups is 4. The van der Waals surface area contributed by atoms with Gasteiger partial charge in [0.2, 0.25) is 5.76 Å². The predicted molar refractivity (Wildman–Crippen MR) is 225 cm³/mol. The van der Waals surface area contributed by atoms with E-state index in [1.54, 1.807) is 59.7 Å². The third kappa shape index (κ3) is 13.3. The van der Waals surface area contributed by atoms with E-state index in [-0.39, 0.29) is 49.4 Å². The minimum atomic E-state index is -1.34. The minimum absolute atomic E-state index is 0.0158. The van der Waals surface area contributed by atoms with E-state index in [9.17, 15) is 34.8 Å². The largest absolute Gasteiger partial charge is 0.492 e. The number of nitrogens with zero attached hydrogens (tertiary/aromatic N) is 4. The molecule has 0 bridgehead atoms. The van der Waals surface area contributed by atoms with Gasteiger partial charge < -0.3 is 63.2 Å². The number of ether oxygens (including phenoxy) is 8. The Balaban J connectivity index is 1.72. The van der Waals surface area contributed by atoms with Gasteiger partial charge in [0.15, 0.2) is 23.9 Å². The Morgan fingerprint density at radius 2 is 1.70 bits per heavy atom. The third-order valence-electron chi connectivity index (χ3n) is 12.1. The summed E-state index contributed by atoms with van der Waals surface area (Å²) in [6.07, 6.45) is -3.06. The number of cyclic esters (lactones) is 1. The van der Waals surface area contributed by atoms with Gasteiger partial charge in [-0.2, -0.15) is 0 Å². The van der Waals surface area contributed by atoms with Gasteiger partial charge in [0.25, 0.3) is 0 Å². The summed E-state index contributed by atoms with van der Waals surface area (Å²) in [4.78, 5) is 41.8. The van der Waals surface area contributed by atoms with Crippen molar-refractivity contribution >= 4 is 17.7 Å². The minimum Gasteiger partial charge on any atom is -0.492 e. The van der Waals surface area contributed by atoms with Gasteiger partial charge in [-0.15, -0.1) is 5.10 Å². The van der Waals surface area contributed by atoms with Crippen molar-refractivity contribution in [2.45, 2.75) is 148 Å². The number of hydrogen-bond donors (Lipinski definition) is 4. The lowest BCUT2D eigenvalue weighted by Crippen LogP contribution is -2.63. The van der Waals surface area contributed by atoms with Crippen LogP contribution in [0.2, 0.25) is 0 Å². The molecule has 3 unspecified atom stereocenters. The number of carbonyl (C=O) groups is 3. The fourth-order valence-corrected chi connectivity index (χ4v) is 8.38. The van der Waals surface area contributed by atoms with Crippen LogP contribution in [0.4, 0.5) is 0 Å². The van der Waals surface area contributed by atoms with E-state index in [0.29, 0.717) is 18.4 Å². The Labute approximate surface area is 370 Å². The maximum Gasteiger partial charge on any atom is 0.360 e. The van der Waals surface area contributed by atoms with Crippen molar-refractivity contribution in [2.24, 2.45) is 23.7 Å². The summed E-state index contributed by atoms with van der Waals surface area (Å²) in [5.74, 6) is -3.84. The number of aromatic nitrogens is 3. The molecule has 19 heteroatoms. The first-order chi connectivity index (χ1) is 29.8. The van der Waals surface area contributed by atoms with E-state index in [2.05, 4.69) is 10.3 Å². The fourth-order valence-electron chi connectivity index (χ4n) is 8.38. The Morgan fingerprint density at radius 1 is 0.984 bits per heavy atom. The molecule has 1 saturated heterocycles. The molecule has 1 aromatic heterocycles. The van der Waals surface area contributed by atoms with E-state index >= 15 is 0 Å². The first kappa shape index (κ1) is 51.7. The molecule has 0 amide bonds. The van der Waals surface area contributed by atoms with Crippen LogP contribution in [-0.2, 0) is 54.0 Å². The van der Waals surface area contributed by atoms with E-state index < -0.39 is 109 Å². The van der Waals surface area contributed by atoms with Gasteiger partial charge in [0.05, 0.1) is 56.8 Å². The molecule has 0 saturated carbocycles. The van der Waals surface area contributed by atoms with Crippen molar-refractivity contribution in [1.82, 2.24) is 19.9 Å². The predicted octanol–water partition coefficient (Wildman–Crippen LogP) is 2.31. The second-order valence-electron chi connectivity index (χ2n) is 17.0. The summed E-state index contributed by atoms with van der Waals surface area (Å²) in [7, 11) is 6.29. The van der Waals surface area contributed by atoms with Crippen LogP contribution >= 0.6 is 0 Å². The Kier molecular flexibility index (Phi) is 19.5. The van der Waals surface area contributed by atoms with Gasteiger partial charge in [0.1, 0.15) is 31.0 Å². The first-order valence-electron chi connectivity index (χ1n) is 21.8. The van der Waals surface area contributed by atoms with Crippen molar-refractivity contribution in [3.05, 3.63) is 47.4 Å². The van der Waals surface area contributed by atoms with Gasteiger partial charge >= 0.3 is 17.9 Å². The van der Waals surface area contributed by atoms with Gasteiger partial charge in [-0.1, -0.05) is 43.7 Å². The Morgan fingerprint density at radius 3 is 2.33 bits per heavy atom. The van der Waals surface area contributed by atoms with Crippen LogP contribution in [0.15, 0.2) is 41.7 Å². The SMILES string of the molecule is CCOC(=O)c1cn(CC[C@H]2C[C@@H](C)C(=O)/C=C/C(C)=C/[C@H](COC3=C(OC)[C@@H](OC)[C@H](O)C(C)O3)[C@@H](CC)OC(=O)C[C@@H](O)[C@H](C)[C@H]2O[C@@H]2O[C@H](C)[C@@H](O)C(N(C)C)C2O)nn1. The molecule has 4 heterocycles. The monoisotopic (exact) mass is 894 g/mol. The lowest BCUT2D eigenvalue weighted by molar-refractivity contribution is -0.304. The number of likely N-dealkylation sites (N-methyl/N-ethyl adjacent to an activating group) is 1. The van der Waals surface area contributed by atoms with Crippen molar-refractivity contribution in [2.75, 3.05) is 41.5 Å². The van der Waals surface area contributed by atoms with Gasteiger partial charge in [-0.25, -0.2) is 4.79 Å². The zero-order valence-corrected chi connectivity index (χ0v) is 38.5. The number of ketones is 1. The second-order valence-corrected chi connectivity index (χ2v) is 17.0. The maximum absolute atomic E-state index is 13.9. The average Bonchev–Trinajstić information content (AvgIpc) is 3.72. The van der Waals surface area contributed by atoms with Gasteiger partial charge in [0, 0.05) is 31.4 Å². The van der Waals surface area contributed by atoms with Gasteiger partial charge in [-0.05, 0) is 73.0 Å². The van der Waals surface area contributed by atoms with Crippen LogP contribution in [0.3, 0.4) is 0 Å². The molecule has 1 aromatic rings. The number of allylic oxidation sites excluding steroid dienone is 3. The van der Waals surface area contributed by atoms with Crippen LogP contribution in [0.5, 0.6) is 0 Å². The number of methoxy groups -OCH3 is 2. The summed E-state index contributed by atoms with van der Waals surface area (Å²) in [5.41, 5.74) is 0.704. The van der Waals surface area contributed by atoms with Crippen molar-refractivity contribution in [3.63, 3.8) is 0 Å². The van der Waals surface area contributed by atoms with Crippen molar-refractivity contribution in [1.29, 1.82) is 0 Å². The number of rotatable bonds is 14. The highest BCUT2D eigenvalue weighted by molar-refractivity contribution is 5.91. The zero-order valence-electron chi connectivity index (χ0n) is 38.5. The molecule has 15 atom stereocenters. The molecule has 1 fully saturated rings. The number of aliphatic hydroxyl groups excluding tert-OH is 4. The molecule has 3 aliphatic heterocycles. The second kappa shape index (κ2) is 23.8. The molecule has 4 N–H and O–H groups in total. The molecular weight excluding hydrogens is 824 g/mol. The lowest BCUT2D eigenvalue weighted by Gasteiger charge is -2.46. The summed E-state index contributed by atoms with van der Waals surface area (Å²) >= 11 is 0. The highest BCUT2D eigenvalue weighted by Gasteiger charge is 2.47. The summed E-state index contributed by atoms with van der Waals surface area (Å²) in [5, 5.41) is 53.1. The standard InChI is InChI=1S/C44H70N4O15/c1-12-33-29(22-59-44-41(57-11)40(56-10)37(53)27(7)61-44)18-23(3)14-15-31(49)24(4)19-28(16-17-48-21-30(45-46-48)42(55)58-13-2)39(25(5)32(50)20-34(51)62-33)63-43-38(54)35(47(8)9)36(52)26(6)60-43/h14-15,18,21,24-29,32-33,35-40,43,50,52-54H,12-13,16-17,19-20,22H2,1-11H3/b15-14+,23-18+/t24-,25+,26-,27?,28+,29-,32-,33-,35?,36-,37-,38?,39-,40+,43+/m1/s1. The third-order valence-corrected chi connectivity index (χ3v) is 12.1. The molecule has 63 heavy (non-hydrogen) atoms. The summed E-state index contributed by atoms with van der Waals surface area (Å²) in [6, 6.07) is -0.765. The van der Waals surface area contributed by atoms with E-state index in [1.807, 2.05) is 19.9 Å². The number of hydrogen-bond acceptors (Lipinski definition) is 18. The first-order valence-corrected chi connectivity index (χ1v) is 21.8. The molecule has 0 radical (unpaired) electrons. The molecule has 0 aliphatic carbocycles. The Bertz CT molecular complexity index is 1750. The van der Waals surface area contributed by atoms with Gasteiger partial charge in [-0.3, -0.25) is 14.3 Å². The Hall–Kier alpha value is -3.95. The van der Waals surface area contributed by atoms with E-state index in [0.717, 1.165) is 0 Å². The molecule has 4 rings (SSSR count). The molecular formula is C44H70N4O15. The average molecular weight is 895 g/mol. The fraction of sp³-hybridized carbons (Fsp3) is 0.750. The quantitative estimate of drug-likeness (QED) is 0.196. The van der Waals surface area contributed by atoms with Crippen molar-refractivity contribution in [3.8, 4) is 0 Å². The molecule has 3 aliphatic rings. The number of carbonyl (C=O) groups excluding carboxylic acids is 3. The molecule has 356 valence electrons. The van der Waals surface area contributed by atoms with Crippen LogP contribution in [0.1, 0.15) is 84.6 Å². The highest BCUT2D eigenvalue weighted by Crippen LogP contribution is 2.35. The lowest BCUT2D eigenvalue weighted by atomic mass is 9.79. The van der Waals surface area contributed by atoms with Crippen LogP contribution in [0, 0.1) is 23.7 Å². The zero-order chi connectivity index (χ0) is 46.7. The molecule has 0 aromatic carbocycles. The molecule has 0 spiro atoms. The summed E-state index contributed by atoms with van der Waals surface area (Å²) in [6.45, 7) is 12.5. The number of aryl methyl sites for hydroxylation is 1. The topological polar surface area (TPSA) is 240 Å². The van der Waals surface area contributed by atoms with Crippen molar-refractivity contribution < 1.29 is 72.7 Å². The number of esters is 2. The van der Waals surface area contributed by atoms with E-state index in [1.165, 1.54) is 31.2 Å². The van der Waals surface area contributed by atoms with Crippen LogP contribution in [-0.4, -0.2) is 167 Å². The smallest absolute Gasteiger partial charge is 0.360 e. The summed E-state index contributed by atoms with van der Waals surface area (Å²) < 4.78 is 48.4.